The van der Waals surface area contributed by atoms with E-state index in [1.807, 2.05) is 0 Å². The van der Waals surface area contributed by atoms with E-state index in [4.69, 9.17) is 0 Å². The number of rotatable bonds is 5. The van der Waals surface area contributed by atoms with Crippen LogP contribution in [0, 0.1) is 11.3 Å². The molecule has 0 aromatic heterocycles. The molecule has 0 atom stereocenters. The summed E-state index contributed by atoms with van der Waals surface area (Å²) in [5.74, 6) is 1.08. The third-order valence-corrected chi connectivity index (χ3v) is 5.69. The van der Waals surface area contributed by atoms with Gasteiger partial charge in [0.2, 0.25) is 0 Å². The first-order valence-corrected chi connectivity index (χ1v) is 8.39. The first kappa shape index (κ1) is 12.7. The third kappa shape index (κ3) is 2.58. The van der Waals surface area contributed by atoms with Crippen molar-refractivity contribution < 1.29 is 0 Å². The van der Waals surface area contributed by atoms with E-state index in [2.05, 4.69) is 40.5 Å². The second kappa shape index (κ2) is 5.07. The summed E-state index contributed by atoms with van der Waals surface area (Å²) in [6.07, 6.45) is 8.61. The first-order valence-electron chi connectivity index (χ1n) is 8.39. The van der Waals surface area contributed by atoms with Gasteiger partial charge in [-0.2, -0.15) is 0 Å². The number of hydrogen-bond donors (Lipinski definition) is 1. The van der Waals surface area contributed by atoms with Gasteiger partial charge < -0.3 is 10.2 Å². The summed E-state index contributed by atoms with van der Waals surface area (Å²) < 4.78 is 0. The zero-order chi connectivity index (χ0) is 13.4. The first-order chi connectivity index (χ1) is 9.86. The average molecular weight is 270 g/mol. The molecule has 1 aromatic rings. The Morgan fingerprint density at radius 1 is 1.00 bits per heavy atom. The molecule has 0 radical (unpaired) electrons. The van der Waals surface area contributed by atoms with Crippen LogP contribution in [-0.4, -0.2) is 25.7 Å². The lowest BCUT2D eigenvalue weighted by Gasteiger charge is -2.34. The van der Waals surface area contributed by atoms with E-state index >= 15 is 0 Å². The zero-order valence-corrected chi connectivity index (χ0v) is 12.4. The van der Waals surface area contributed by atoms with E-state index in [0.717, 1.165) is 17.4 Å². The third-order valence-electron chi connectivity index (χ3n) is 5.69. The number of anilines is 1. The summed E-state index contributed by atoms with van der Waals surface area (Å²) in [6.45, 7) is 3.71. The van der Waals surface area contributed by atoms with Crippen molar-refractivity contribution in [1.29, 1.82) is 0 Å². The van der Waals surface area contributed by atoms with E-state index in [1.165, 1.54) is 63.8 Å². The molecule has 1 saturated heterocycles. The van der Waals surface area contributed by atoms with Gasteiger partial charge in [-0.3, -0.25) is 0 Å². The number of nitrogens with one attached hydrogen (secondary N) is 1. The number of benzene rings is 1. The molecule has 20 heavy (non-hydrogen) atoms. The summed E-state index contributed by atoms with van der Waals surface area (Å²) in [4.78, 5) is 2.53. The lowest BCUT2D eigenvalue weighted by molar-refractivity contribution is 0.340. The smallest absolute Gasteiger partial charge is 0.0366 e. The quantitative estimate of drug-likeness (QED) is 0.882. The summed E-state index contributed by atoms with van der Waals surface area (Å²) >= 11 is 0. The van der Waals surface area contributed by atoms with Gasteiger partial charge in [0.15, 0.2) is 0 Å². The molecule has 0 bridgehead atoms. The van der Waals surface area contributed by atoms with Crippen LogP contribution in [0.5, 0.6) is 0 Å². The van der Waals surface area contributed by atoms with Crippen molar-refractivity contribution >= 4 is 5.69 Å². The summed E-state index contributed by atoms with van der Waals surface area (Å²) in [7, 11) is 0. The van der Waals surface area contributed by atoms with Gasteiger partial charge in [0.05, 0.1) is 0 Å². The van der Waals surface area contributed by atoms with Crippen LogP contribution in [-0.2, 0) is 0 Å². The molecule has 4 rings (SSSR count). The predicted molar refractivity (Wildman–Crippen MR) is 84.1 cm³/mol. The normalized spacial score (nSPS) is 25.7. The number of nitrogens with zero attached hydrogens (tertiary/aromatic N) is 1. The van der Waals surface area contributed by atoms with Crippen LogP contribution in [0.15, 0.2) is 30.3 Å². The molecule has 3 fully saturated rings. The molecule has 2 saturated carbocycles. The van der Waals surface area contributed by atoms with Crippen molar-refractivity contribution in [3.8, 4) is 0 Å². The Labute approximate surface area is 122 Å². The molecule has 0 unspecified atom stereocenters. The van der Waals surface area contributed by atoms with Crippen LogP contribution >= 0.6 is 0 Å². The van der Waals surface area contributed by atoms with Crippen molar-refractivity contribution in [2.24, 2.45) is 11.3 Å². The Balaban J connectivity index is 1.25. The van der Waals surface area contributed by atoms with Crippen molar-refractivity contribution in [3.05, 3.63) is 30.3 Å². The molecule has 1 N–H and O–H groups in total. The molecule has 3 aliphatic rings. The van der Waals surface area contributed by atoms with Gasteiger partial charge in [-0.25, -0.2) is 0 Å². The van der Waals surface area contributed by atoms with Crippen LogP contribution in [0.4, 0.5) is 5.69 Å². The molecule has 108 valence electrons. The highest BCUT2D eigenvalue weighted by Crippen LogP contribution is 2.60. The van der Waals surface area contributed by atoms with Gasteiger partial charge in [0.25, 0.3) is 0 Å². The highest BCUT2D eigenvalue weighted by atomic mass is 15.1. The van der Waals surface area contributed by atoms with Crippen LogP contribution in [0.2, 0.25) is 0 Å². The second-order valence-electron chi connectivity index (χ2n) is 7.11. The number of para-hydroxylation sites is 1. The van der Waals surface area contributed by atoms with Gasteiger partial charge in [-0.1, -0.05) is 18.2 Å². The van der Waals surface area contributed by atoms with Crippen molar-refractivity contribution in [1.82, 2.24) is 5.32 Å². The SMILES string of the molecule is c1ccc(N2CCC(NCC3(C4CC4)CC3)CC2)cc1. The van der Waals surface area contributed by atoms with Gasteiger partial charge in [-0.05, 0) is 62.0 Å². The fourth-order valence-electron chi connectivity index (χ4n) is 3.91. The van der Waals surface area contributed by atoms with Gasteiger partial charge in [0.1, 0.15) is 0 Å². The maximum Gasteiger partial charge on any atom is 0.0366 e. The predicted octanol–water partition coefficient (Wildman–Crippen LogP) is 3.44. The van der Waals surface area contributed by atoms with Crippen molar-refractivity contribution in [2.45, 2.75) is 44.6 Å². The molecular formula is C18H26N2. The van der Waals surface area contributed by atoms with E-state index in [1.54, 1.807) is 0 Å². The second-order valence-corrected chi connectivity index (χ2v) is 7.11. The van der Waals surface area contributed by atoms with E-state index in [0.29, 0.717) is 0 Å². The Morgan fingerprint density at radius 2 is 1.70 bits per heavy atom. The van der Waals surface area contributed by atoms with E-state index in [-0.39, 0.29) is 0 Å². The minimum absolute atomic E-state index is 0.747. The van der Waals surface area contributed by atoms with Crippen LogP contribution in [0.1, 0.15) is 38.5 Å². The van der Waals surface area contributed by atoms with Crippen molar-refractivity contribution in [3.63, 3.8) is 0 Å². The average Bonchev–Trinajstić information content (AvgIpc) is 3.40. The fraction of sp³-hybridized carbons (Fsp3) is 0.667. The minimum Gasteiger partial charge on any atom is -0.371 e. The summed E-state index contributed by atoms with van der Waals surface area (Å²) in [5.41, 5.74) is 2.14. The molecule has 0 spiro atoms. The highest BCUT2D eigenvalue weighted by molar-refractivity contribution is 5.46. The maximum atomic E-state index is 3.89. The lowest BCUT2D eigenvalue weighted by Crippen LogP contribution is -2.44. The standard InChI is InChI=1S/C18H26N2/c1-2-4-17(5-3-1)20-12-8-16(9-13-20)19-14-18(10-11-18)15-6-7-15/h1-5,15-16,19H,6-14H2. The topological polar surface area (TPSA) is 15.3 Å². The Bertz CT molecular complexity index is 440. The zero-order valence-electron chi connectivity index (χ0n) is 12.4. The Hall–Kier alpha value is -1.02. The summed E-state index contributed by atoms with van der Waals surface area (Å²) in [6, 6.07) is 11.6. The number of piperidine rings is 1. The fourth-order valence-corrected chi connectivity index (χ4v) is 3.91. The largest absolute Gasteiger partial charge is 0.371 e. The Kier molecular flexibility index (Phi) is 3.22. The number of hydrogen-bond acceptors (Lipinski definition) is 2. The van der Waals surface area contributed by atoms with Crippen LogP contribution in [0.3, 0.4) is 0 Å². The van der Waals surface area contributed by atoms with Crippen LogP contribution in [0.25, 0.3) is 0 Å². The minimum atomic E-state index is 0.747. The summed E-state index contributed by atoms with van der Waals surface area (Å²) in [5, 5.41) is 3.89. The maximum absolute atomic E-state index is 3.89. The van der Waals surface area contributed by atoms with Gasteiger partial charge >= 0.3 is 0 Å². The van der Waals surface area contributed by atoms with Crippen molar-refractivity contribution in [2.75, 3.05) is 24.5 Å². The monoisotopic (exact) mass is 270 g/mol. The van der Waals surface area contributed by atoms with E-state index in [9.17, 15) is 0 Å². The molecule has 1 aliphatic heterocycles. The highest BCUT2D eigenvalue weighted by Gasteiger charge is 2.53. The Morgan fingerprint density at radius 3 is 2.30 bits per heavy atom. The molecule has 0 amide bonds. The molecule has 2 heteroatoms. The molecule has 2 aliphatic carbocycles. The molecule has 1 heterocycles. The van der Waals surface area contributed by atoms with Gasteiger partial charge in [-0.15, -0.1) is 0 Å². The van der Waals surface area contributed by atoms with E-state index < -0.39 is 0 Å². The molecular weight excluding hydrogens is 244 g/mol. The lowest BCUT2D eigenvalue weighted by atomic mass is 9.98. The van der Waals surface area contributed by atoms with Gasteiger partial charge in [0, 0.05) is 31.4 Å². The van der Waals surface area contributed by atoms with Crippen LogP contribution < -0.4 is 10.2 Å². The molecule has 2 nitrogen and oxygen atoms in total. The molecule has 1 aromatic carbocycles.